The fraction of sp³-hybridized carbons (Fsp3) is 0.562. The lowest BCUT2D eigenvalue weighted by Crippen LogP contribution is -2.63. The molecule has 4 bridgehead atoms. The van der Waals surface area contributed by atoms with Gasteiger partial charge in [-0.05, 0) is 87.3 Å². The number of primary amides is 1. The van der Waals surface area contributed by atoms with Crippen LogP contribution in [0.15, 0.2) is 60.2 Å². The molecule has 2 aromatic carbocycles. The molecule has 0 aromatic heterocycles. The van der Waals surface area contributed by atoms with Crippen LogP contribution in [0, 0.1) is 11.8 Å². The van der Waals surface area contributed by atoms with Crippen molar-refractivity contribution in [2.24, 2.45) is 23.3 Å². The number of nitrogens with two attached hydrogens (primary N) is 2. The van der Waals surface area contributed by atoms with Gasteiger partial charge in [0.15, 0.2) is 11.9 Å². The number of carbonyl (C=O) groups is 12. The van der Waals surface area contributed by atoms with E-state index in [1.807, 2.05) is 13.0 Å². The molecule has 6 rings (SSSR count). The molecule has 4 aliphatic heterocycles. The number of urea groups is 1. The third kappa shape index (κ3) is 20.6. The summed E-state index contributed by atoms with van der Waals surface area (Å²) in [6.07, 6.45) is -2.90. The quantitative estimate of drug-likeness (QED) is 0.0167. The average molecular weight is 1370 g/mol. The number of methoxy groups -OCH3 is 2. The van der Waals surface area contributed by atoms with Crippen LogP contribution in [-0.2, 0) is 84.7 Å². The number of hydrogen-bond donors (Lipinski definition) is 8. The predicted molar refractivity (Wildman–Crippen MR) is 343 cm³/mol. The lowest BCUT2D eigenvalue weighted by molar-refractivity contribution is -0.197. The molecule has 2 aromatic rings. The van der Waals surface area contributed by atoms with E-state index >= 15 is 0 Å². The van der Waals surface area contributed by atoms with Crippen molar-refractivity contribution < 1.29 is 95.9 Å². The number of nitrogens with one attached hydrogen (secondary N) is 5. The summed E-state index contributed by atoms with van der Waals surface area (Å²) in [6.45, 7) is 8.23. The predicted octanol–water partition coefficient (Wildman–Crippen LogP) is 3.25. The molecular formula is C64H88ClN11O20. The van der Waals surface area contributed by atoms with Crippen molar-refractivity contribution in [3.05, 3.63) is 76.3 Å². The highest BCUT2D eigenvalue weighted by molar-refractivity contribution is 6.35. The number of fused-ring (bicyclic) bond motifs is 5. The van der Waals surface area contributed by atoms with Gasteiger partial charge in [0.05, 0.1) is 25.3 Å². The Morgan fingerprint density at radius 3 is 2.25 bits per heavy atom. The fourth-order valence-electron chi connectivity index (χ4n) is 11.0. The molecule has 11 amide bonds. The monoisotopic (exact) mass is 1370 g/mol. The number of nitrogens with zero attached hydrogens (tertiary/aromatic N) is 4. The van der Waals surface area contributed by atoms with E-state index < -0.39 is 144 Å². The number of benzene rings is 2. The molecule has 96 heavy (non-hydrogen) atoms. The molecule has 31 nitrogen and oxygen atoms in total. The van der Waals surface area contributed by atoms with Crippen LogP contribution >= 0.6 is 11.6 Å². The van der Waals surface area contributed by atoms with Crippen LogP contribution in [0.4, 0.5) is 25.8 Å². The summed E-state index contributed by atoms with van der Waals surface area (Å²) < 4.78 is 34.7. The number of halogens is 1. The number of esters is 1. The third-order valence-electron chi connectivity index (χ3n) is 16.9. The van der Waals surface area contributed by atoms with Gasteiger partial charge in [-0.25, -0.2) is 24.0 Å². The van der Waals surface area contributed by atoms with Gasteiger partial charge in [-0.3, -0.25) is 38.9 Å². The lowest BCUT2D eigenvalue weighted by atomic mass is 9.83. The molecule has 10 N–H and O–H groups in total. The minimum atomic E-state index is -1.93. The van der Waals surface area contributed by atoms with Gasteiger partial charge in [0.2, 0.25) is 29.5 Å². The first-order chi connectivity index (χ1) is 45.3. The largest absolute Gasteiger partial charge is 0.495 e. The number of hydrogen-bond acceptors (Lipinski definition) is 21. The van der Waals surface area contributed by atoms with Crippen LogP contribution in [-0.4, -0.2) is 194 Å². The zero-order valence-corrected chi connectivity index (χ0v) is 56.3. The van der Waals surface area contributed by atoms with Gasteiger partial charge in [0.25, 0.3) is 11.8 Å². The Labute approximate surface area is 560 Å². The zero-order chi connectivity index (χ0) is 70.9. The van der Waals surface area contributed by atoms with E-state index in [0.717, 1.165) is 20.9 Å². The maximum atomic E-state index is 14.4. The highest BCUT2D eigenvalue weighted by Crippen LogP contribution is 2.49. The van der Waals surface area contributed by atoms with Crippen molar-refractivity contribution in [3.8, 4) is 5.75 Å². The van der Waals surface area contributed by atoms with Crippen molar-refractivity contribution in [2.75, 3.05) is 58.7 Å². The first kappa shape index (κ1) is 76.1. The number of imide groups is 1. The van der Waals surface area contributed by atoms with Crippen LogP contribution < -0.4 is 47.7 Å². The molecule has 0 unspecified atom stereocenters. The number of epoxide rings is 1. The van der Waals surface area contributed by atoms with Gasteiger partial charge >= 0.3 is 30.2 Å². The summed E-state index contributed by atoms with van der Waals surface area (Å²) in [4.78, 5) is 164. The number of anilines is 2. The number of likely N-dealkylation sites (N-methyl/N-ethyl adjacent to an activating group) is 1. The number of rotatable bonds is 26. The third-order valence-corrected chi connectivity index (χ3v) is 17.3. The molecule has 4 aliphatic rings. The summed E-state index contributed by atoms with van der Waals surface area (Å²) in [6, 6.07) is 6.60. The number of amides is 11. The first-order valence-electron chi connectivity index (χ1n) is 31.4. The lowest BCUT2D eigenvalue weighted by Gasteiger charge is -2.42. The smallest absolute Gasteiger partial charge is 0.409 e. The van der Waals surface area contributed by atoms with Crippen molar-refractivity contribution in [3.63, 3.8) is 0 Å². The average Bonchev–Trinajstić information content (AvgIpc) is 1.57. The normalized spacial score (nSPS) is 23.6. The Kier molecular flexibility index (Phi) is 27.1. The fourth-order valence-corrected chi connectivity index (χ4v) is 11.3. The standard InChI is InChI=1S/C64H88ClN11O20/c1-35(2)54(71-47(77)18-11-12-19-52(82)96-76-49(79)24-25-50(76)80)58(84)70-41(16-14-27-68-60(67)86)57(83)69-40-22-20-38(21-23-40)34-92-62(88)73(6)28-26-48(78)75(8)56(66)59(85)94-46-32-51(81)74(7)42-30-39(31-43(90-9)53(42)65)29-36(3)15-13-17-45(91-10)64(89)33-44(93-61(87)72-64)37(4)55-63(46,5)95-55/h13,15,17,20-23,30-31,35,37,41,44-46,54-56,89H,11-12,14,16,18-19,24-29,32-34,66H2,1-10H3,(H,69,83)(H,70,84)(H,71,77)(H,72,87)(H3,67,68,86)/b17-13+,36-15+/t37-,41+,44+,45-,46+,54+,55+,56-,63+,64+/m1/s1. The molecule has 3 fully saturated rings. The van der Waals surface area contributed by atoms with Crippen LogP contribution in [0.2, 0.25) is 5.02 Å². The highest BCUT2D eigenvalue weighted by Gasteiger charge is 2.64. The van der Waals surface area contributed by atoms with E-state index in [2.05, 4.69) is 26.6 Å². The second kappa shape index (κ2) is 34.2. The summed E-state index contributed by atoms with van der Waals surface area (Å²) >= 11 is 6.82. The molecule has 32 heteroatoms. The van der Waals surface area contributed by atoms with E-state index in [-0.39, 0.29) is 100 Å². The molecular weight excluding hydrogens is 1280 g/mol. The van der Waals surface area contributed by atoms with Crippen LogP contribution in [0.1, 0.15) is 116 Å². The summed E-state index contributed by atoms with van der Waals surface area (Å²) in [7, 11) is 6.96. The number of allylic oxidation sites excluding steroid dienone is 3. The first-order valence-corrected chi connectivity index (χ1v) is 31.7. The summed E-state index contributed by atoms with van der Waals surface area (Å²) in [5, 5.41) is 25.5. The van der Waals surface area contributed by atoms with Crippen molar-refractivity contribution in [1.82, 2.24) is 36.1 Å². The van der Waals surface area contributed by atoms with Crippen molar-refractivity contribution in [1.29, 1.82) is 0 Å². The minimum Gasteiger partial charge on any atom is -0.495 e. The molecule has 526 valence electrons. The van der Waals surface area contributed by atoms with Gasteiger partial charge in [-0.15, -0.1) is 5.06 Å². The second-order valence-corrected chi connectivity index (χ2v) is 25.0. The Hall–Kier alpha value is -8.91. The number of ether oxygens (including phenoxy) is 6. The Bertz CT molecular complexity index is 3280. The Morgan fingerprint density at radius 1 is 0.927 bits per heavy atom. The van der Waals surface area contributed by atoms with Crippen LogP contribution in [0.5, 0.6) is 5.75 Å². The van der Waals surface area contributed by atoms with E-state index in [1.54, 1.807) is 64.1 Å². The second-order valence-electron chi connectivity index (χ2n) is 24.6. The van der Waals surface area contributed by atoms with Crippen molar-refractivity contribution >= 4 is 94.5 Å². The molecule has 0 aliphatic carbocycles. The molecule has 0 saturated carbocycles. The Balaban J connectivity index is 1.03. The number of carbonyl (C=O) groups excluding carboxylic acids is 12. The minimum absolute atomic E-state index is 0.0373. The molecule has 3 saturated heterocycles. The van der Waals surface area contributed by atoms with Gasteiger partial charge in [0.1, 0.15) is 53.4 Å². The molecule has 10 atom stereocenters. The number of hydroxylamine groups is 2. The number of alkyl carbamates (subject to hydrolysis) is 1. The van der Waals surface area contributed by atoms with E-state index in [1.165, 1.54) is 52.4 Å². The summed E-state index contributed by atoms with van der Waals surface area (Å²) in [5.41, 5.74) is 10.9. The molecule has 4 heterocycles. The van der Waals surface area contributed by atoms with Crippen LogP contribution in [0.25, 0.3) is 0 Å². The number of unbranched alkanes of at least 4 members (excludes halogenated alkanes) is 1. The Morgan fingerprint density at radius 2 is 1.60 bits per heavy atom. The molecule has 0 radical (unpaired) electrons. The topological polar surface area (TPSA) is 418 Å². The summed E-state index contributed by atoms with van der Waals surface area (Å²) in [5.74, 6) is -7.06. The van der Waals surface area contributed by atoms with E-state index in [9.17, 15) is 62.6 Å². The highest BCUT2D eigenvalue weighted by atomic mass is 35.5. The van der Waals surface area contributed by atoms with Gasteiger partial charge in [-0.1, -0.05) is 68.3 Å². The SMILES string of the molecule is COc1cc2cc(c1Cl)N(C)C(=O)C[C@H](OC(=O)[C@H](N)N(C)C(=O)CCN(C)C(=O)OCc1ccc(NC(=O)[C@H](CCCNC(N)=O)NC(=O)[C@@H](NC(=O)CCCCC(=O)ON3C(=O)CCC3=O)C(C)C)cc1)[C@]1(C)O[C@H]1[C@H](C)[C@@H]1C[C@@](O)(NC(=O)O1)[C@H](OC)/C=C/C=C(\C)C2. The maximum Gasteiger partial charge on any atom is 0.409 e. The molecule has 0 spiro atoms. The van der Waals surface area contributed by atoms with E-state index in [0.29, 0.717) is 22.7 Å². The maximum absolute atomic E-state index is 14.4. The van der Waals surface area contributed by atoms with Gasteiger partial charge in [-0.2, -0.15) is 0 Å². The number of aliphatic hydroxyl groups is 1. The van der Waals surface area contributed by atoms with E-state index in [4.69, 9.17) is 56.3 Å². The van der Waals surface area contributed by atoms with Gasteiger partial charge < -0.3 is 85.8 Å². The van der Waals surface area contributed by atoms with Crippen LogP contribution in [0.3, 0.4) is 0 Å². The zero-order valence-electron chi connectivity index (χ0n) is 55.5. The van der Waals surface area contributed by atoms with Gasteiger partial charge in [0, 0.05) is 91.5 Å². The van der Waals surface area contributed by atoms with Crippen molar-refractivity contribution in [2.45, 2.75) is 172 Å².